The number of nitrogens with one attached hydrogen (secondary N) is 2. The molecule has 0 aliphatic carbocycles. The van der Waals surface area contributed by atoms with Crippen LogP contribution in [0, 0.1) is 5.41 Å². The lowest BCUT2D eigenvalue weighted by Crippen LogP contribution is -2.44. The quantitative estimate of drug-likeness (QED) is 0.767. The van der Waals surface area contributed by atoms with Gasteiger partial charge in [0, 0.05) is 43.6 Å². The fourth-order valence-corrected chi connectivity index (χ4v) is 3.25. The van der Waals surface area contributed by atoms with Gasteiger partial charge in [-0.1, -0.05) is 13.8 Å². The number of thioether (sulfide) groups is 1. The third-order valence-electron chi connectivity index (χ3n) is 2.94. The molecule has 1 amide bonds. The van der Waals surface area contributed by atoms with Gasteiger partial charge >= 0.3 is 0 Å². The predicted octanol–water partition coefficient (Wildman–Crippen LogP) is 1.63. The number of hydrogen-bond acceptors (Lipinski definition) is 4. The maximum absolute atomic E-state index is 11.9. The van der Waals surface area contributed by atoms with Crippen LogP contribution in [0.2, 0.25) is 0 Å². The van der Waals surface area contributed by atoms with Crippen molar-refractivity contribution in [3.63, 3.8) is 0 Å². The van der Waals surface area contributed by atoms with Crippen LogP contribution >= 0.6 is 36.6 Å². The Morgan fingerprint density at radius 3 is 2.55 bits per heavy atom. The van der Waals surface area contributed by atoms with Crippen molar-refractivity contribution in [1.29, 1.82) is 0 Å². The normalized spacial score (nSPS) is 18.9. The summed E-state index contributed by atoms with van der Waals surface area (Å²) in [6.45, 7) is 7.10. The average Bonchev–Trinajstić information content (AvgIpc) is 2.26. The van der Waals surface area contributed by atoms with Crippen molar-refractivity contribution < 1.29 is 4.79 Å². The van der Waals surface area contributed by atoms with Crippen molar-refractivity contribution >= 4 is 42.5 Å². The molecule has 7 heteroatoms. The Kier molecular flexibility index (Phi) is 12.4. The molecule has 1 fully saturated rings. The molecule has 1 aliphatic heterocycles. The summed E-state index contributed by atoms with van der Waals surface area (Å²) in [6, 6.07) is 0.348. The summed E-state index contributed by atoms with van der Waals surface area (Å²) < 4.78 is 0. The molecule has 4 nitrogen and oxygen atoms in total. The van der Waals surface area contributed by atoms with Crippen LogP contribution < -0.4 is 10.6 Å². The second kappa shape index (κ2) is 11.0. The van der Waals surface area contributed by atoms with Gasteiger partial charge in [0.05, 0.1) is 0 Å². The lowest BCUT2D eigenvalue weighted by molar-refractivity contribution is -0.122. The molecular formula is C13H29Cl2N3OS. The van der Waals surface area contributed by atoms with Crippen LogP contribution in [0.4, 0.5) is 0 Å². The van der Waals surface area contributed by atoms with Gasteiger partial charge in [-0.2, -0.15) is 11.8 Å². The molecule has 0 aromatic carbocycles. The van der Waals surface area contributed by atoms with Crippen LogP contribution in [0.3, 0.4) is 0 Å². The highest BCUT2D eigenvalue weighted by Gasteiger charge is 2.21. The van der Waals surface area contributed by atoms with E-state index in [1.54, 1.807) is 0 Å². The van der Waals surface area contributed by atoms with Gasteiger partial charge in [0.1, 0.15) is 0 Å². The molecule has 1 rings (SSSR count). The summed E-state index contributed by atoms with van der Waals surface area (Å²) in [5, 5.41) is 6.45. The van der Waals surface area contributed by atoms with Gasteiger partial charge in [-0.3, -0.25) is 4.79 Å². The number of hydrogen-bond donors (Lipinski definition) is 2. The molecule has 0 radical (unpaired) electrons. The number of rotatable bonds is 6. The predicted molar refractivity (Wildman–Crippen MR) is 93.6 cm³/mol. The van der Waals surface area contributed by atoms with Gasteiger partial charge in [0.25, 0.3) is 0 Å². The van der Waals surface area contributed by atoms with Crippen LogP contribution in [0.15, 0.2) is 0 Å². The standard InChI is InChI=1S/C13H27N3OS.2ClH/c1-13(2,10-16(3)4)9-15-12(17)7-11-8-18-6-5-14-11;;/h11,14H,5-10H2,1-4H3,(H,15,17);2*1H. The third kappa shape index (κ3) is 10.1. The highest BCUT2D eigenvalue weighted by molar-refractivity contribution is 7.99. The van der Waals surface area contributed by atoms with Crippen molar-refractivity contribution in [2.75, 3.05) is 45.2 Å². The van der Waals surface area contributed by atoms with E-state index >= 15 is 0 Å². The van der Waals surface area contributed by atoms with E-state index in [-0.39, 0.29) is 36.1 Å². The second-order valence-corrected chi connectivity index (χ2v) is 7.26. The first-order valence-electron chi connectivity index (χ1n) is 6.62. The monoisotopic (exact) mass is 345 g/mol. The topological polar surface area (TPSA) is 44.4 Å². The van der Waals surface area contributed by atoms with Crippen LogP contribution in [-0.2, 0) is 4.79 Å². The van der Waals surface area contributed by atoms with E-state index in [9.17, 15) is 4.79 Å². The molecule has 0 spiro atoms. The fraction of sp³-hybridized carbons (Fsp3) is 0.923. The number of amides is 1. The summed E-state index contributed by atoms with van der Waals surface area (Å²) in [7, 11) is 4.12. The van der Waals surface area contributed by atoms with Gasteiger partial charge in [-0.15, -0.1) is 24.8 Å². The Bertz CT molecular complexity index is 272. The molecule has 1 aliphatic rings. The van der Waals surface area contributed by atoms with Gasteiger partial charge in [0.15, 0.2) is 0 Å². The van der Waals surface area contributed by atoms with E-state index in [0.29, 0.717) is 12.5 Å². The number of nitrogens with zero attached hydrogens (tertiary/aromatic N) is 1. The molecule has 0 aromatic heterocycles. The number of halogens is 2. The zero-order chi connectivity index (χ0) is 13.6. The summed E-state index contributed by atoms with van der Waals surface area (Å²) in [6.07, 6.45) is 0.602. The molecule has 0 bridgehead atoms. The van der Waals surface area contributed by atoms with E-state index < -0.39 is 0 Å². The molecule has 0 aromatic rings. The Hall–Kier alpha value is 0.320. The molecule has 0 saturated carbocycles. The average molecular weight is 346 g/mol. The molecule has 1 saturated heterocycles. The summed E-state index contributed by atoms with van der Waals surface area (Å²) >= 11 is 1.93. The SMILES string of the molecule is CN(C)CC(C)(C)CNC(=O)CC1CSCCN1.Cl.Cl. The number of carbonyl (C=O) groups excluding carboxylic acids is 1. The fourth-order valence-electron chi connectivity index (χ4n) is 2.30. The van der Waals surface area contributed by atoms with Gasteiger partial charge in [0.2, 0.25) is 5.91 Å². The van der Waals surface area contributed by atoms with E-state index in [4.69, 9.17) is 0 Å². The Balaban J connectivity index is 0. The Labute approximate surface area is 140 Å². The number of carbonyl (C=O) groups is 1. The zero-order valence-electron chi connectivity index (χ0n) is 12.9. The first-order chi connectivity index (χ1) is 8.39. The molecular weight excluding hydrogens is 317 g/mol. The van der Waals surface area contributed by atoms with Crippen molar-refractivity contribution in [2.24, 2.45) is 5.41 Å². The van der Waals surface area contributed by atoms with Crippen LogP contribution in [-0.4, -0.2) is 62.1 Å². The molecule has 2 N–H and O–H groups in total. The molecule has 20 heavy (non-hydrogen) atoms. The van der Waals surface area contributed by atoms with Gasteiger partial charge in [-0.25, -0.2) is 0 Å². The van der Waals surface area contributed by atoms with E-state index in [2.05, 4.69) is 43.5 Å². The highest BCUT2D eigenvalue weighted by atomic mass is 35.5. The molecule has 1 heterocycles. The molecule has 122 valence electrons. The van der Waals surface area contributed by atoms with Gasteiger partial charge in [-0.05, 0) is 19.5 Å². The van der Waals surface area contributed by atoms with E-state index in [1.165, 1.54) is 0 Å². The zero-order valence-corrected chi connectivity index (χ0v) is 15.3. The Morgan fingerprint density at radius 2 is 2.05 bits per heavy atom. The van der Waals surface area contributed by atoms with Crippen LogP contribution in [0.25, 0.3) is 0 Å². The summed E-state index contributed by atoms with van der Waals surface area (Å²) in [4.78, 5) is 14.0. The maximum Gasteiger partial charge on any atom is 0.221 e. The van der Waals surface area contributed by atoms with Gasteiger partial charge < -0.3 is 15.5 Å². The van der Waals surface area contributed by atoms with E-state index in [1.807, 2.05) is 11.8 Å². The maximum atomic E-state index is 11.9. The van der Waals surface area contributed by atoms with Crippen molar-refractivity contribution in [3.05, 3.63) is 0 Å². The summed E-state index contributed by atoms with van der Waals surface area (Å²) in [5.74, 6) is 2.38. The minimum absolute atomic E-state index is 0. The lowest BCUT2D eigenvalue weighted by Gasteiger charge is -2.29. The smallest absolute Gasteiger partial charge is 0.221 e. The van der Waals surface area contributed by atoms with Crippen molar-refractivity contribution in [1.82, 2.24) is 15.5 Å². The van der Waals surface area contributed by atoms with Crippen molar-refractivity contribution in [3.8, 4) is 0 Å². The largest absolute Gasteiger partial charge is 0.355 e. The first-order valence-corrected chi connectivity index (χ1v) is 7.77. The highest BCUT2D eigenvalue weighted by Crippen LogP contribution is 2.15. The molecule has 1 unspecified atom stereocenters. The minimum atomic E-state index is 0. The lowest BCUT2D eigenvalue weighted by atomic mass is 9.93. The van der Waals surface area contributed by atoms with E-state index in [0.717, 1.165) is 31.1 Å². The van der Waals surface area contributed by atoms with Crippen LogP contribution in [0.1, 0.15) is 20.3 Å². The summed E-state index contributed by atoms with van der Waals surface area (Å²) in [5.41, 5.74) is 0.119. The Morgan fingerprint density at radius 1 is 1.40 bits per heavy atom. The second-order valence-electron chi connectivity index (χ2n) is 6.11. The minimum Gasteiger partial charge on any atom is -0.355 e. The van der Waals surface area contributed by atoms with Crippen molar-refractivity contribution in [2.45, 2.75) is 26.3 Å². The molecule has 1 atom stereocenters. The third-order valence-corrected chi connectivity index (χ3v) is 4.07. The first kappa shape index (κ1) is 22.6. The van der Waals surface area contributed by atoms with Crippen LogP contribution in [0.5, 0.6) is 0 Å².